The van der Waals surface area contributed by atoms with E-state index in [1.165, 1.54) is 12.1 Å². The Balaban J connectivity index is 1.25. The van der Waals surface area contributed by atoms with E-state index >= 15 is 0 Å². The van der Waals surface area contributed by atoms with Crippen molar-refractivity contribution in [2.75, 3.05) is 50.7 Å². The number of hydrogen-bond acceptors (Lipinski definition) is 6. The minimum absolute atomic E-state index is 0.111. The highest BCUT2D eigenvalue weighted by molar-refractivity contribution is 5.94. The Morgan fingerprint density at radius 3 is 2.57 bits per heavy atom. The second-order valence-electron chi connectivity index (χ2n) is 8.74. The summed E-state index contributed by atoms with van der Waals surface area (Å²) < 4.78 is 5.99. The Morgan fingerprint density at radius 2 is 1.83 bits per heavy atom. The number of benzene rings is 1. The molecular weight excluding hydrogens is 380 g/mol. The van der Waals surface area contributed by atoms with Crippen LogP contribution in [0.15, 0.2) is 29.4 Å². The van der Waals surface area contributed by atoms with Gasteiger partial charge in [-0.25, -0.2) is 0 Å². The molecule has 3 aliphatic heterocycles. The molecule has 1 atom stereocenters. The Morgan fingerprint density at radius 1 is 1.10 bits per heavy atom. The minimum Gasteiger partial charge on any atom is -0.489 e. The predicted octanol–water partition coefficient (Wildman–Crippen LogP) is 2.75. The summed E-state index contributed by atoms with van der Waals surface area (Å²) in [5.41, 5.74) is 2.15. The molecule has 1 unspecified atom stereocenters. The first-order valence-corrected chi connectivity index (χ1v) is 11.3. The van der Waals surface area contributed by atoms with E-state index in [0.29, 0.717) is 6.42 Å². The molecule has 0 saturated carbocycles. The monoisotopic (exact) mass is 414 g/mol. The summed E-state index contributed by atoms with van der Waals surface area (Å²) >= 11 is 0. The first-order valence-electron chi connectivity index (χ1n) is 11.3. The van der Waals surface area contributed by atoms with Crippen molar-refractivity contribution in [3.63, 3.8) is 0 Å². The van der Waals surface area contributed by atoms with E-state index in [2.05, 4.69) is 40.9 Å². The molecule has 0 N–H and O–H groups in total. The van der Waals surface area contributed by atoms with Crippen LogP contribution in [0.5, 0.6) is 5.75 Å². The van der Waals surface area contributed by atoms with Gasteiger partial charge in [0.05, 0.1) is 17.5 Å². The summed E-state index contributed by atoms with van der Waals surface area (Å²) in [5.74, 6) is 1.06. The summed E-state index contributed by atoms with van der Waals surface area (Å²) in [6.07, 6.45) is 3.79. The zero-order valence-corrected chi connectivity index (χ0v) is 18.3. The number of anilines is 1. The Hall–Kier alpha value is -2.28. The molecule has 2 saturated heterocycles. The van der Waals surface area contributed by atoms with E-state index < -0.39 is 6.10 Å². The van der Waals surface area contributed by atoms with Crippen LogP contribution >= 0.6 is 0 Å². The fraction of sp³-hybridized carbons (Fsp3) is 0.652. The van der Waals surface area contributed by atoms with Crippen molar-refractivity contribution in [1.29, 1.82) is 0 Å². The summed E-state index contributed by atoms with van der Waals surface area (Å²) in [5, 5.41) is 4.24. The second kappa shape index (κ2) is 9.69. The third-order valence-electron chi connectivity index (χ3n) is 6.02. The fourth-order valence-corrected chi connectivity index (χ4v) is 4.45. The molecule has 0 bridgehead atoms. The summed E-state index contributed by atoms with van der Waals surface area (Å²) in [4.78, 5) is 24.9. The Bertz CT molecular complexity index is 753. The molecule has 0 radical (unpaired) electrons. The first kappa shape index (κ1) is 21.0. The molecule has 3 aliphatic rings. The van der Waals surface area contributed by atoms with Crippen LogP contribution in [0.2, 0.25) is 0 Å². The van der Waals surface area contributed by atoms with Crippen molar-refractivity contribution in [2.24, 2.45) is 5.16 Å². The molecule has 7 nitrogen and oxygen atoms in total. The highest BCUT2D eigenvalue weighted by atomic mass is 16.6. The number of oxime groups is 1. The molecule has 1 aromatic carbocycles. The molecule has 0 aromatic heterocycles. The van der Waals surface area contributed by atoms with Gasteiger partial charge in [0.2, 0.25) is 6.10 Å². The standard InChI is InChI=1S/C23H34N4O3/c1-18(2)29-21-9-5-4-8-20(21)26-14-12-25(13-15-26)17-19-16-22(30-24-19)23(28)27-10-6-3-7-11-27/h4-5,8-9,18,22H,3,6-7,10-17H2,1-2H3. The van der Waals surface area contributed by atoms with Gasteiger partial charge in [0, 0.05) is 52.2 Å². The molecule has 30 heavy (non-hydrogen) atoms. The number of amides is 1. The first-order chi connectivity index (χ1) is 14.6. The zero-order valence-electron chi connectivity index (χ0n) is 18.3. The van der Waals surface area contributed by atoms with E-state index in [9.17, 15) is 4.79 Å². The molecule has 0 aliphatic carbocycles. The van der Waals surface area contributed by atoms with Crippen molar-refractivity contribution in [2.45, 2.75) is 51.7 Å². The number of piperidine rings is 1. The van der Waals surface area contributed by atoms with E-state index in [-0.39, 0.29) is 12.0 Å². The van der Waals surface area contributed by atoms with Crippen LogP contribution in [0.4, 0.5) is 5.69 Å². The van der Waals surface area contributed by atoms with Gasteiger partial charge in [-0.3, -0.25) is 9.69 Å². The van der Waals surface area contributed by atoms with Crippen LogP contribution in [0.3, 0.4) is 0 Å². The van der Waals surface area contributed by atoms with E-state index in [1.54, 1.807) is 0 Å². The lowest BCUT2D eigenvalue weighted by molar-refractivity contribution is -0.143. The lowest BCUT2D eigenvalue weighted by Crippen LogP contribution is -2.48. The molecule has 7 heteroatoms. The molecule has 1 amide bonds. The average Bonchev–Trinajstić information content (AvgIpc) is 3.23. The molecule has 4 rings (SSSR count). The van der Waals surface area contributed by atoms with Gasteiger partial charge in [0.1, 0.15) is 5.75 Å². The maximum atomic E-state index is 12.6. The highest BCUT2D eigenvalue weighted by Crippen LogP contribution is 2.29. The highest BCUT2D eigenvalue weighted by Gasteiger charge is 2.33. The van der Waals surface area contributed by atoms with Crippen molar-refractivity contribution < 1.29 is 14.4 Å². The Labute approximate surface area is 179 Å². The summed E-state index contributed by atoms with van der Waals surface area (Å²) in [6.45, 7) is 10.4. The maximum absolute atomic E-state index is 12.6. The maximum Gasteiger partial charge on any atom is 0.266 e. The van der Waals surface area contributed by atoms with Gasteiger partial charge in [-0.05, 0) is 45.2 Å². The molecule has 0 spiro atoms. The SMILES string of the molecule is CC(C)Oc1ccccc1N1CCN(CC2=NOC(C(=O)N3CCCCC3)C2)CC1. The number of likely N-dealkylation sites (tertiary alicyclic amines) is 1. The topological polar surface area (TPSA) is 57.6 Å². The number of ether oxygens (including phenoxy) is 1. The van der Waals surface area contributed by atoms with Gasteiger partial charge >= 0.3 is 0 Å². The van der Waals surface area contributed by atoms with Crippen molar-refractivity contribution >= 4 is 17.3 Å². The number of nitrogens with zero attached hydrogens (tertiary/aromatic N) is 4. The number of carbonyl (C=O) groups is 1. The van der Waals surface area contributed by atoms with Crippen LogP contribution in [0, 0.1) is 0 Å². The minimum atomic E-state index is -0.417. The van der Waals surface area contributed by atoms with Gasteiger partial charge < -0.3 is 19.4 Å². The Kier molecular flexibility index (Phi) is 6.77. The quantitative estimate of drug-likeness (QED) is 0.716. The normalized spacial score (nSPS) is 22.8. The summed E-state index contributed by atoms with van der Waals surface area (Å²) in [6, 6.07) is 8.28. The molecule has 3 heterocycles. The van der Waals surface area contributed by atoms with Crippen molar-refractivity contribution in [3.05, 3.63) is 24.3 Å². The van der Waals surface area contributed by atoms with Gasteiger partial charge in [-0.2, -0.15) is 0 Å². The van der Waals surface area contributed by atoms with Gasteiger partial charge in [-0.1, -0.05) is 17.3 Å². The smallest absolute Gasteiger partial charge is 0.266 e. The van der Waals surface area contributed by atoms with E-state index in [1.807, 2.05) is 17.0 Å². The second-order valence-corrected chi connectivity index (χ2v) is 8.74. The van der Waals surface area contributed by atoms with E-state index in [4.69, 9.17) is 9.57 Å². The van der Waals surface area contributed by atoms with Gasteiger partial charge in [0.15, 0.2) is 0 Å². The van der Waals surface area contributed by atoms with Crippen LogP contribution in [0.25, 0.3) is 0 Å². The third kappa shape index (κ3) is 5.06. The number of rotatable bonds is 6. The van der Waals surface area contributed by atoms with Gasteiger partial charge in [0.25, 0.3) is 5.91 Å². The van der Waals surface area contributed by atoms with Crippen molar-refractivity contribution in [3.8, 4) is 5.75 Å². The lowest BCUT2D eigenvalue weighted by atomic mass is 10.1. The van der Waals surface area contributed by atoms with Crippen LogP contribution in [-0.2, 0) is 9.63 Å². The van der Waals surface area contributed by atoms with Crippen LogP contribution < -0.4 is 9.64 Å². The largest absolute Gasteiger partial charge is 0.489 e. The molecule has 1 aromatic rings. The molecule has 164 valence electrons. The lowest BCUT2D eigenvalue weighted by Gasteiger charge is -2.36. The summed E-state index contributed by atoms with van der Waals surface area (Å²) in [7, 11) is 0. The van der Waals surface area contributed by atoms with Crippen LogP contribution in [0.1, 0.15) is 39.5 Å². The van der Waals surface area contributed by atoms with Crippen molar-refractivity contribution in [1.82, 2.24) is 9.80 Å². The van der Waals surface area contributed by atoms with Gasteiger partial charge in [-0.15, -0.1) is 0 Å². The number of carbonyl (C=O) groups excluding carboxylic acids is 1. The van der Waals surface area contributed by atoms with Crippen LogP contribution in [-0.4, -0.2) is 79.4 Å². The molecule has 2 fully saturated rings. The number of piperazine rings is 1. The predicted molar refractivity (Wildman–Crippen MR) is 118 cm³/mol. The average molecular weight is 415 g/mol. The number of para-hydroxylation sites is 2. The number of hydrogen-bond donors (Lipinski definition) is 0. The third-order valence-corrected chi connectivity index (χ3v) is 6.02. The fourth-order valence-electron chi connectivity index (χ4n) is 4.45. The van der Waals surface area contributed by atoms with E-state index in [0.717, 1.165) is 70.1 Å². The zero-order chi connectivity index (χ0) is 20.9. The molecular formula is C23H34N4O3.